The van der Waals surface area contributed by atoms with Crippen molar-refractivity contribution in [2.75, 3.05) is 22.9 Å². The van der Waals surface area contributed by atoms with Gasteiger partial charge in [-0.2, -0.15) is 13.2 Å². The van der Waals surface area contributed by atoms with Gasteiger partial charge in [-0.25, -0.2) is 17.8 Å². The number of thiazole rings is 1. The van der Waals surface area contributed by atoms with E-state index in [0.717, 1.165) is 28.3 Å². The SMILES string of the molecule is CN(c1ccc(-c2csc(NC(=O)c3ccc(-c4ccc(C(F)(F)F)cc4F)cc3)n2)cc1)S(C)(=O)=O. The molecule has 0 atom stereocenters. The van der Waals surface area contributed by atoms with Crippen LogP contribution in [0.1, 0.15) is 15.9 Å². The van der Waals surface area contributed by atoms with Gasteiger partial charge in [0.15, 0.2) is 5.13 Å². The monoisotopic (exact) mass is 549 g/mol. The Hall–Kier alpha value is -3.77. The number of halogens is 4. The highest BCUT2D eigenvalue weighted by molar-refractivity contribution is 7.92. The van der Waals surface area contributed by atoms with Crippen LogP contribution in [0.15, 0.2) is 72.1 Å². The highest BCUT2D eigenvalue weighted by atomic mass is 32.2. The molecule has 6 nitrogen and oxygen atoms in total. The standard InChI is InChI=1S/C25H19F4N3O3S2/c1-32(37(2,34)35)19-10-7-16(8-11-19)22-14-36-24(30-22)31-23(33)17-5-3-15(4-6-17)20-12-9-18(13-21(20)26)25(27,28)29/h3-14H,1-2H3,(H,30,31,33). The Bertz CT molecular complexity index is 1550. The molecule has 4 rings (SSSR count). The number of amides is 1. The molecule has 3 aromatic carbocycles. The molecule has 0 unspecified atom stereocenters. The molecule has 37 heavy (non-hydrogen) atoms. The quantitative estimate of drug-likeness (QED) is 0.287. The third-order valence-corrected chi connectivity index (χ3v) is 7.47. The molecule has 1 N–H and O–H groups in total. The molecule has 0 saturated carbocycles. The summed E-state index contributed by atoms with van der Waals surface area (Å²) in [5, 5.41) is 4.74. The minimum Gasteiger partial charge on any atom is -0.298 e. The van der Waals surface area contributed by atoms with Crippen molar-refractivity contribution >= 4 is 38.1 Å². The number of benzene rings is 3. The predicted molar refractivity (Wildman–Crippen MR) is 136 cm³/mol. The molecule has 0 fully saturated rings. The average molecular weight is 550 g/mol. The normalized spacial score (nSPS) is 11.8. The van der Waals surface area contributed by atoms with Gasteiger partial charge in [-0.3, -0.25) is 14.4 Å². The summed E-state index contributed by atoms with van der Waals surface area (Å²) in [6.07, 6.45) is -3.54. The number of hydrogen-bond donors (Lipinski definition) is 1. The zero-order valence-corrected chi connectivity index (χ0v) is 21.0. The van der Waals surface area contributed by atoms with Gasteiger partial charge in [0.1, 0.15) is 5.82 Å². The maximum atomic E-state index is 14.3. The largest absolute Gasteiger partial charge is 0.416 e. The van der Waals surface area contributed by atoms with Crippen LogP contribution >= 0.6 is 11.3 Å². The molecule has 1 amide bonds. The van der Waals surface area contributed by atoms with Crippen LogP contribution in [0.3, 0.4) is 0 Å². The van der Waals surface area contributed by atoms with Crippen LogP contribution in [0.2, 0.25) is 0 Å². The van der Waals surface area contributed by atoms with Crippen molar-refractivity contribution in [1.82, 2.24) is 4.98 Å². The molecule has 4 aromatic rings. The lowest BCUT2D eigenvalue weighted by molar-refractivity contribution is -0.137. The van der Waals surface area contributed by atoms with Crippen LogP contribution < -0.4 is 9.62 Å². The number of nitrogens with one attached hydrogen (secondary N) is 1. The molecular formula is C25H19F4N3O3S2. The van der Waals surface area contributed by atoms with Crippen LogP contribution in [-0.4, -0.2) is 32.6 Å². The smallest absolute Gasteiger partial charge is 0.298 e. The molecule has 12 heteroatoms. The van der Waals surface area contributed by atoms with Gasteiger partial charge in [0.25, 0.3) is 5.91 Å². The van der Waals surface area contributed by atoms with E-state index < -0.39 is 33.5 Å². The summed E-state index contributed by atoms with van der Waals surface area (Å²) >= 11 is 1.20. The van der Waals surface area contributed by atoms with Gasteiger partial charge in [-0.15, -0.1) is 11.3 Å². The van der Waals surface area contributed by atoms with Gasteiger partial charge in [0, 0.05) is 29.1 Å². The summed E-state index contributed by atoms with van der Waals surface area (Å²) < 4.78 is 77.1. The second-order valence-electron chi connectivity index (χ2n) is 8.04. The van der Waals surface area contributed by atoms with Gasteiger partial charge < -0.3 is 0 Å². The lowest BCUT2D eigenvalue weighted by atomic mass is 10.0. The predicted octanol–water partition coefficient (Wildman–Crippen LogP) is 6.28. The molecular weight excluding hydrogens is 530 g/mol. The number of carbonyl (C=O) groups excluding carboxylic acids is 1. The lowest BCUT2D eigenvalue weighted by Gasteiger charge is -2.16. The second kappa shape index (κ2) is 9.94. The van der Waals surface area contributed by atoms with E-state index in [4.69, 9.17) is 0 Å². The van der Waals surface area contributed by atoms with Crippen LogP contribution in [0, 0.1) is 5.82 Å². The fourth-order valence-corrected chi connectivity index (χ4v) is 4.61. The van der Waals surface area contributed by atoms with Gasteiger partial charge in [0.2, 0.25) is 10.0 Å². The van der Waals surface area contributed by atoms with E-state index >= 15 is 0 Å². The molecule has 0 aliphatic heterocycles. The van der Waals surface area contributed by atoms with Crippen LogP contribution in [0.4, 0.5) is 28.4 Å². The highest BCUT2D eigenvalue weighted by Crippen LogP contribution is 2.33. The zero-order valence-electron chi connectivity index (χ0n) is 19.4. The van der Waals surface area contributed by atoms with Crippen molar-refractivity contribution in [3.8, 4) is 22.4 Å². The topological polar surface area (TPSA) is 79.4 Å². The van der Waals surface area contributed by atoms with Crippen LogP contribution in [0.5, 0.6) is 0 Å². The summed E-state index contributed by atoms with van der Waals surface area (Å²) in [5.41, 5.74) is 1.29. The molecule has 192 valence electrons. The molecule has 0 spiro atoms. The van der Waals surface area contributed by atoms with E-state index in [1.165, 1.54) is 42.6 Å². The second-order valence-corrected chi connectivity index (χ2v) is 10.9. The molecule has 0 bridgehead atoms. The van der Waals surface area contributed by atoms with Gasteiger partial charge in [0.05, 0.1) is 23.2 Å². The third-order valence-electron chi connectivity index (χ3n) is 5.50. The molecule has 0 saturated heterocycles. The van der Waals surface area contributed by atoms with Crippen molar-refractivity contribution < 1.29 is 30.8 Å². The van der Waals surface area contributed by atoms with Crippen LogP contribution in [-0.2, 0) is 16.2 Å². The Kier molecular flexibility index (Phi) is 7.07. The number of rotatable bonds is 6. The first-order valence-corrected chi connectivity index (χ1v) is 13.3. The van der Waals surface area contributed by atoms with Gasteiger partial charge >= 0.3 is 6.18 Å². The fourth-order valence-electron chi connectivity index (χ4n) is 3.39. The number of carbonyl (C=O) groups is 1. The van der Waals surface area contributed by atoms with Crippen molar-refractivity contribution in [2.45, 2.75) is 6.18 Å². The Balaban J connectivity index is 1.45. The van der Waals surface area contributed by atoms with Gasteiger partial charge in [-0.1, -0.05) is 30.3 Å². The Morgan fingerprint density at radius 1 is 0.973 bits per heavy atom. The van der Waals surface area contributed by atoms with Gasteiger partial charge in [-0.05, 0) is 42.0 Å². The van der Waals surface area contributed by atoms with E-state index in [2.05, 4.69) is 10.3 Å². The molecule has 0 radical (unpaired) electrons. The number of sulfonamides is 1. The Labute approximate surface area is 214 Å². The maximum Gasteiger partial charge on any atom is 0.416 e. The average Bonchev–Trinajstić information content (AvgIpc) is 3.31. The van der Waals surface area contributed by atoms with Crippen molar-refractivity contribution in [2.24, 2.45) is 0 Å². The van der Waals surface area contributed by atoms with E-state index in [-0.39, 0.29) is 11.1 Å². The Morgan fingerprint density at radius 3 is 2.16 bits per heavy atom. The summed E-state index contributed by atoms with van der Waals surface area (Å²) in [6.45, 7) is 0. The summed E-state index contributed by atoms with van der Waals surface area (Å²) in [6, 6.07) is 14.8. The first-order valence-electron chi connectivity index (χ1n) is 10.6. The van der Waals surface area contributed by atoms with E-state index in [9.17, 15) is 30.8 Å². The molecule has 0 aliphatic rings. The Morgan fingerprint density at radius 2 is 1.59 bits per heavy atom. The van der Waals surface area contributed by atoms with Crippen molar-refractivity contribution in [3.63, 3.8) is 0 Å². The third kappa shape index (κ3) is 5.97. The minimum atomic E-state index is -4.64. The van der Waals surface area contributed by atoms with E-state index in [1.807, 2.05) is 0 Å². The van der Waals surface area contributed by atoms with E-state index in [1.54, 1.807) is 29.6 Å². The van der Waals surface area contributed by atoms with Crippen molar-refractivity contribution in [3.05, 3.63) is 89.1 Å². The highest BCUT2D eigenvalue weighted by Gasteiger charge is 2.31. The fraction of sp³-hybridized carbons (Fsp3) is 0.120. The number of anilines is 2. The first kappa shape index (κ1) is 26.3. The summed E-state index contributed by atoms with van der Waals surface area (Å²) in [7, 11) is -1.93. The molecule has 1 aromatic heterocycles. The molecule has 0 aliphatic carbocycles. The van der Waals surface area contributed by atoms with Crippen LogP contribution in [0.25, 0.3) is 22.4 Å². The van der Waals surface area contributed by atoms with E-state index in [0.29, 0.717) is 28.1 Å². The number of aromatic nitrogens is 1. The zero-order chi connectivity index (χ0) is 27.0. The maximum absolute atomic E-state index is 14.3. The number of nitrogens with zero attached hydrogens (tertiary/aromatic N) is 2. The number of alkyl halides is 3. The minimum absolute atomic E-state index is 0.0155. The first-order chi connectivity index (χ1) is 17.3. The molecule has 1 heterocycles. The summed E-state index contributed by atoms with van der Waals surface area (Å²) in [5.74, 6) is -1.48. The van der Waals surface area contributed by atoms with Crippen molar-refractivity contribution in [1.29, 1.82) is 0 Å². The lowest BCUT2D eigenvalue weighted by Crippen LogP contribution is -2.24. The summed E-state index contributed by atoms with van der Waals surface area (Å²) in [4.78, 5) is 17.0. The number of hydrogen-bond acceptors (Lipinski definition) is 5.